The molecule has 1 aliphatic rings. The van der Waals surface area contributed by atoms with Crippen molar-refractivity contribution >= 4 is 73.5 Å². The van der Waals surface area contributed by atoms with E-state index in [-0.39, 0.29) is 5.91 Å². The second kappa shape index (κ2) is 13.3. The Labute approximate surface area is 260 Å². The van der Waals surface area contributed by atoms with Crippen LogP contribution in [0.4, 0.5) is 15.8 Å². The van der Waals surface area contributed by atoms with Crippen molar-refractivity contribution in [2.45, 2.75) is 13.5 Å². The predicted molar refractivity (Wildman–Crippen MR) is 173 cm³/mol. The molecule has 0 aromatic heterocycles. The molecule has 212 valence electrons. The summed E-state index contributed by atoms with van der Waals surface area (Å²) in [5, 5.41) is 2.73. The minimum absolute atomic E-state index is 0.297. The molecule has 1 fully saturated rings. The van der Waals surface area contributed by atoms with Crippen molar-refractivity contribution in [3.63, 3.8) is 0 Å². The zero-order valence-electron chi connectivity index (χ0n) is 22.3. The fourth-order valence-corrected chi connectivity index (χ4v) is 5.67. The molecular formula is C32H24BrFN2O4S2. The number of thioether (sulfide) groups is 1. The van der Waals surface area contributed by atoms with Crippen LogP contribution in [0.25, 0.3) is 6.08 Å². The summed E-state index contributed by atoms with van der Waals surface area (Å²) in [6.45, 7) is 2.72. The molecule has 1 heterocycles. The standard InChI is InChI=1S/C32H24BrFN2O4S2/c1-2-39-28-16-21(8-15-27(28)40-19-20-6-9-23(33)10-7-20)17-29-31(38)36(32(41)42-29)26-5-3-4-22(18-26)30(37)35-25-13-11-24(34)12-14-25/h3-18H,2,19H2,1H3,(H,35,37)/b29-17+. The van der Waals surface area contributed by atoms with Crippen molar-refractivity contribution < 1.29 is 23.5 Å². The Morgan fingerprint density at radius 2 is 1.76 bits per heavy atom. The summed E-state index contributed by atoms with van der Waals surface area (Å²) in [6.07, 6.45) is 1.76. The summed E-state index contributed by atoms with van der Waals surface area (Å²) < 4.78 is 26.4. The third-order valence-electron chi connectivity index (χ3n) is 6.14. The first-order chi connectivity index (χ1) is 20.3. The SMILES string of the molecule is CCOc1cc(/C=C2/SC(=S)N(c3cccc(C(=O)Nc4ccc(F)cc4)c3)C2=O)ccc1OCc1ccc(Br)cc1. The van der Waals surface area contributed by atoms with Gasteiger partial charge in [-0.3, -0.25) is 14.5 Å². The number of nitrogens with zero attached hydrogens (tertiary/aromatic N) is 1. The summed E-state index contributed by atoms with van der Waals surface area (Å²) in [6, 6.07) is 25.5. The Balaban J connectivity index is 1.32. The molecule has 0 saturated carbocycles. The van der Waals surface area contributed by atoms with Gasteiger partial charge in [0, 0.05) is 15.7 Å². The number of nitrogens with one attached hydrogen (secondary N) is 1. The van der Waals surface area contributed by atoms with Gasteiger partial charge >= 0.3 is 0 Å². The summed E-state index contributed by atoms with van der Waals surface area (Å²) in [4.78, 5) is 28.1. The molecule has 0 unspecified atom stereocenters. The lowest BCUT2D eigenvalue weighted by Crippen LogP contribution is -2.27. The van der Waals surface area contributed by atoms with Gasteiger partial charge in [-0.15, -0.1) is 0 Å². The Morgan fingerprint density at radius 3 is 2.50 bits per heavy atom. The molecule has 4 aromatic rings. The van der Waals surface area contributed by atoms with Gasteiger partial charge in [0.25, 0.3) is 11.8 Å². The molecule has 5 rings (SSSR count). The summed E-state index contributed by atoms with van der Waals surface area (Å²) >= 11 is 10.2. The minimum atomic E-state index is -0.396. The van der Waals surface area contributed by atoms with Crippen LogP contribution in [0.5, 0.6) is 11.5 Å². The number of carbonyl (C=O) groups is 2. The highest BCUT2D eigenvalue weighted by molar-refractivity contribution is 9.10. The van der Waals surface area contributed by atoms with E-state index in [2.05, 4.69) is 21.2 Å². The zero-order chi connectivity index (χ0) is 29.6. The number of halogens is 2. The van der Waals surface area contributed by atoms with Gasteiger partial charge in [-0.05, 0) is 90.9 Å². The lowest BCUT2D eigenvalue weighted by molar-refractivity contribution is -0.113. The summed E-state index contributed by atoms with van der Waals surface area (Å²) in [5.74, 6) is 0.0800. The molecule has 6 nitrogen and oxygen atoms in total. The number of anilines is 2. The maximum atomic E-state index is 13.4. The minimum Gasteiger partial charge on any atom is -0.490 e. The molecule has 1 aliphatic heterocycles. The van der Waals surface area contributed by atoms with Crippen molar-refractivity contribution in [2.24, 2.45) is 0 Å². The van der Waals surface area contributed by atoms with Crippen LogP contribution >= 0.6 is 39.9 Å². The van der Waals surface area contributed by atoms with Gasteiger partial charge in [0.2, 0.25) is 0 Å². The van der Waals surface area contributed by atoms with Crippen LogP contribution in [0.3, 0.4) is 0 Å². The van der Waals surface area contributed by atoms with Gasteiger partial charge in [0.15, 0.2) is 15.8 Å². The van der Waals surface area contributed by atoms with Crippen molar-refractivity contribution in [2.75, 3.05) is 16.8 Å². The first kappa shape index (κ1) is 29.5. The van der Waals surface area contributed by atoms with E-state index in [0.717, 1.165) is 15.6 Å². The van der Waals surface area contributed by atoms with E-state index in [1.807, 2.05) is 49.4 Å². The molecular weight excluding hydrogens is 639 g/mol. The number of hydrogen-bond acceptors (Lipinski definition) is 6. The smallest absolute Gasteiger partial charge is 0.270 e. The van der Waals surface area contributed by atoms with E-state index >= 15 is 0 Å². The summed E-state index contributed by atoms with van der Waals surface area (Å²) in [7, 11) is 0. The van der Waals surface area contributed by atoms with Crippen molar-refractivity contribution in [3.05, 3.63) is 123 Å². The first-order valence-electron chi connectivity index (χ1n) is 12.9. The topological polar surface area (TPSA) is 67.9 Å². The second-order valence-electron chi connectivity index (χ2n) is 9.08. The van der Waals surface area contributed by atoms with Crippen molar-refractivity contribution in [1.82, 2.24) is 0 Å². The number of amides is 2. The molecule has 1 saturated heterocycles. The average molecular weight is 664 g/mol. The van der Waals surface area contributed by atoms with E-state index in [4.69, 9.17) is 21.7 Å². The van der Waals surface area contributed by atoms with Gasteiger partial charge in [0.05, 0.1) is 17.2 Å². The highest BCUT2D eigenvalue weighted by Crippen LogP contribution is 2.38. The molecule has 1 N–H and O–H groups in total. The first-order valence-corrected chi connectivity index (χ1v) is 14.9. The summed E-state index contributed by atoms with van der Waals surface area (Å²) in [5.41, 5.74) is 3.03. The van der Waals surface area contributed by atoms with Gasteiger partial charge in [-0.2, -0.15) is 0 Å². The average Bonchev–Trinajstić information content (AvgIpc) is 3.26. The highest BCUT2D eigenvalue weighted by atomic mass is 79.9. The number of thiocarbonyl (C=S) groups is 1. The van der Waals surface area contributed by atoms with Gasteiger partial charge in [-0.25, -0.2) is 4.39 Å². The molecule has 10 heteroatoms. The number of rotatable bonds is 9. The molecule has 42 heavy (non-hydrogen) atoms. The fourth-order valence-electron chi connectivity index (χ4n) is 4.11. The fraction of sp³-hybridized carbons (Fsp3) is 0.0938. The monoisotopic (exact) mass is 662 g/mol. The lowest BCUT2D eigenvalue weighted by Gasteiger charge is -2.15. The molecule has 0 bridgehead atoms. The van der Waals surface area contributed by atoms with Gasteiger partial charge in [0.1, 0.15) is 12.4 Å². The third-order valence-corrected chi connectivity index (χ3v) is 7.97. The lowest BCUT2D eigenvalue weighted by atomic mass is 10.1. The Morgan fingerprint density at radius 1 is 1.00 bits per heavy atom. The predicted octanol–water partition coefficient (Wildman–Crippen LogP) is 8.22. The van der Waals surface area contributed by atoms with Gasteiger partial charge in [-0.1, -0.05) is 64.2 Å². The molecule has 0 radical (unpaired) electrons. The van der Waals surface area contributed by atoms with Crippen molar-refractivity contribution in [1.29, 1.82) is 0 Å². The number of carbonyl (C=O) groups excluding carboxylic acids is 2. The van der Waals surface area contributed by atoms with Gasteiger partial charge < -0.3 is 14.8 Å². The largest absolute Gasteiger partial charge is 0.490 e. The van der Waals surface area contributed by atoms with E-state index in [0.29, 0.717) is 50.9 Å². The molecule has 0 spiro atoms. The normalized spacial score (nSPS) is 13.9. The van der Waals surface area contributed by atoms with Crippen LogP contribution in [0.1, 0.15) is 28.4 Å². The Kier molecular flexibility index (Phi) is 9.36. The Hall–Kier alpha value is -3.99. The van der Waals surface area contributed by atoms with Crippen LogP contribution in [-0.4, -0.2) is 22.7 Å². The van der Waals surface area contributed by atoms with E-state index in [1.165, 1.54) is 40.9 Å². The highest BCUT2D eigenvalue weighted by Gasteiger charge is 2.33. The number of benzene rings is 4. The molecule has 2 amide bonds. The second-order valence-corrected chi connectivity index (χ2v) is 11.7. The Bertz CT molecular complexity index is 1680. The van der Waals surface area contributed by atoms with Crippen LogP contribution in [-0.2, 0) is 11.4 Å². The van der Waals surface area contributed by atoms with Crippen molar-refractivity contribution in [3.8, 4) is 11.5 Å². The maximum Gasteiger partial charge on any atom is 0.270 e. The number of ether oxygens (including phenoxy) is 2. The molecule has 0 aliphatic carbocycles. The van der Waals surface area contributed by atoms with Crippen LogP contribution in [0.15, 0.2) is 100 Å². The quantitative estimate of drug-likeness (QED) is 0.144. The van der Waals surface area contributed by atoms with E-state index in [9.17, 15) is 14.0 Å². The van der Waals surface area contributed by atoms with Crippen LogP contribution in [0.2, 0.25) is 0 Å². The zero-order valence-corrected chi connectivity index (χ0v) is 25.5. The van der Waals surface area contributed by atoms with E-state index in [1.54, 1.807) is 30.3 Å². The maximum absolute atomic E-state index is 13.4. The molecule has 0 atom stereocenters. The van der Waals surface area contributed by atoms with E-state index < -0.39 is 11.7 Å². The van der Waals surface area contributed by atoms with Crippen LogP contribution in [0, 0.1) is 5.82 Å². The molecule has 4 aromatic carbocycles. The number of hydrogen-bond donors (Lipinski definition) is 1. The third kappa shape index (κ3) is 7.07. The van der Waals surface area contributed by atoms with Crippen LogP contribution < -0.4 is 19.7 Å².